The zero-order chi connectivity index (χ0) is 10.1. The molecule has 0 atom stereocenters. The predicted molar refractivity (Wildman–Crippen MR) is 46.5 cm³/mol. The number of aromatic nitrogens is 2. The van der Waals surface area contributed by atoms with Gasteiger partial charge in [-0.05, 0) is 18.9 Å². The van der Waals surface area contributed by atoms with Crippen molar-refractivity contribution in [3.63, 3.8) is 0 Å². The van der Waals surface area contributed by atoms with Crippen molar-refractivity contribution in [2.45, 2.75) is 13.3 Å². The number of hydrogen-bond acceptors (Lipinski definition) is 3. The lowest BCUT2D eigenvalue weighted by atomic mass is 10.2. The second-order valence-corrected chi connectivity index (χ2v) is 4.39. The molecule has 0 aromatic carbocycles. The molecule has 1 aromatic heterocycles. The maximum atomic E-state index is 12.2. The van der Waals surface area contributed by atoms with Crippen molar-refractivity contribution in [2.75, 3.05) is 5.75 Å². The molecule has 0 aliphatic rings. The van der Waals surface area contributed by atoms with Crippen LogP contribution >= 0.6 is 0 Å². The van der Waals surface area contributed by atoms with Crippen molar-refractivity contribution >= 4 is 10.2 Å². The molecule has 0 fully saturated rings. The van der Waals surface area contributed by atoms with Gasteiger partial charge in [0.15, 0.2) is 0 Å². The largest absolute Gasteiger partial charge is 0.302 e. The van der Waals surface area contributed by atoms with Gasteiger partial charge in [0, 0.05) is 13.2 Å². The summed E-state index contributed by atoms with van der Waals surface area (Å²) < 4.78 is 34.2. The van der Waals surface area contributed by atoms with Gasteiger partial charge < -0.3 is 0 Å². The van der Waals surface area contributed by atoms with Gasteiger partial charge in [0.2, 0.25) is 0 Å². The first kappa shape index (κ1) is 10.2. The molecule has 0 aliphatic carbocycles. The minimum absolute atomic E-state index is 0.179. The van der Waals surface area contributed by atoms with Crippen molar-refractivity contribution in [3.05, 3.63) is 17.5 Å². The highest BCUT2D eigenvalue weighted by Crippen LogP contribution is 2.07. The third-order valence-corrected chi connectivity index (χ3v) is 2.42. The molecule has 74 valence electrons. The van der Waals surface area contributed by atoms with Crippen LogP contribution in [0.1, 0.15) is 11.3 Å². The summed E-state index contributed by atoms with van der Waals surface area (Å²) in [6.07, 6.45) is 1.87. The number of rotatable bonds is 3. The fourth-order valence-electron chi connectivity index (χ4n) is 1.13. The van der Waals surface area contributed by atoms with E-state index in [0.29, 0.717) is 0 Å². The lowest BCUT2D eigenvalue weighted by molar-refractivity contribution is 0.551. The van der Waals surface area contributed by atoms with E-state index in [4.69, 9.17) is 0 Å². The van der Waals surface area contributed by atoms with Crippen LogP contribution in [0.25, 0.3) is 0 Å². The Morgan fingerprint density at radius 3 is 2.62 bits per heavy atom. The topological polar surface area (TPSA) is 52.0 Å². The lowest BCUT2D eigenvalue weighted by Gasteiger charge is -1.93. The molecule has 0 aliphatic heterocycles. The van der Waals surface area contributed by atoms with Crippen molar-refractivity contribution in [2.24, 2.45) is 7.05 Å². The van der Waals surface area contributed by atoms with E-state index in [1.807, 2.05) is 0 Å². The molecule has 1 aromatic rings. The van der Waals surface area contributed by atoms with E-state index < -0.39 is 16.0 Å². The SMILES string of the molecule is Cc1nn(C)cc1CCS(=O)(=O)F. The monoisotopic (exact) mass is 206 g/mol. The Labute approximate surface area is 76.6 Å². The normalized spacial score (nSPS) is 11.9. The number of hydrogen-bond donors (Lipinski definition) is 0. The van der Waals surface area contributed by atoms with Gasteiger partial charge in [0.25, 0.3) is 0 Å². The highest BCUT2D eigenvalue weighted by atomic mass is 32.3. The van der Waals surface area contributed by atoms with Gasteiger partial charge in [-0.25, -0.2) is 0 Å². The summed E-state index contributed by atoms with van der Waals surface area (Å²) in [7, 11) is -2.63. The van der Waals surface area contributed by atoms with Crippen LogP contribution in [0.4, 0.5) is 3.89 Å². The van der Waals surface area contributed by atoms with E-state index in [1.165, 1.54) is 0 Å². The van der Waals surface area contributed by atoms with Crippen LogP contribution in [0.15, 0.2) is 6.20 Å². The fourth-order valence-corrected chi connectivity index (χ4v) is 1.59. The Morgan fingerprint density at radius 1 is 1.62 bits per heavy atom. The number of nitrogens with zero attached hydrogens (tertiary/aromatic N) is 2. The first-order chi connectivity index (χ1) is 5.88. The summed E-state index contributed by atoms with van der Waals surface area (Å²) in [6, 6.07) is 0. The maximum Gasteiger partial charge on any atom is 0.302 e. The van der Waals surface area contributed by atoms with E-state index >= 15 is 0 Å². The van der Waals surface area contributed by atoms with Gasteiger partial charge in [-0.2, -0.15) is 13.5 Å². The van der Waals surface area contributed by atoms with Gasteiger partial charge in [-0.1, -0.05) is 0 Å². The van der Waals surface area contributed by atoms with E-state index in [9.17, 15) is 12.3 Å². The summed E-state index contributed by atoms with van der Waals surface area (Å²) in [5, 5.41) is 4.01. The van der Waals surface area contributed by atoms with Crippen molar-refractivity contribution in [1.29, 1.82) is 0 Å². The average molecular weight is 206 g/mol. The molecule has 0 N–H and O–H groups in total. The third-order valence-electron chi connectivity index (χ3n) is 1.73. The molecule has 0 radical (unpaired) electrons. The standard InChI is InChI=1S/C7H11FN2O2S/c1-6-7(5-10(2)9-6)3-4-13(8,11)12/h5H,3-4H2,1-2H3. The summed E-state index contributed by atoms with van der Waals surface area (Å²) in [5.74, 6) is -0.473. The lowest BCUT2D eigenvalue weighted by Crippen LogP contribution is -2.02. The van der Waals surface area contributed by atoms with Crippen LogP contribution in [0.2, 0.25) is 0 Å². The Kier molecular flexibility index (Phi) is 2.70. The average Bonchev–Trinajstić information content (AvgIpc) is 2.24. The predicted octanol–water partition coefficient (Wildman–Crippen LogP) is 0.570. The van der Waals surface area contributed by atoms with Gasteiger partial charge in [-0.15, -0.1) is 3.89 Å². The van der Waals surface area contributed by atoms with Crippen LogP contribution < -0.4 is 0 Å². The molecular weight excluding hydrogens is 195 g/mol. The van der Waals surface area contributed by atoms with Crippen molar-refractivity contribution in [1.82, 2.24) is 9.78 Å². The molecule has 6 heteroatoms. The van der Waals surface area contributed by atoms with Gasteiger partial charge in [-0.3, -0.25) is 4.68 Å². The highest BCUT2D eigenvalue weighted by Gasteiger charge is 2.10. The summed E-state index contributed by atoms with van der Waals surface area (Å²) >= 11 is 0. The first-order valence-corrected chi connectivity index (χ1v) is 5.35. The molecule has 4 nitrogen and oxygen atoms in total. The first-order valence-electron chi connectivity index (χ1n) is 3.80. The maximum absolute atomic E-state index is 12.2. The molecule has 0 saturated carbocycles. The summed E-state index contributed by atoms with van der Waals surface area (Å²) in [6.45, 7) is 1.76. The molecule has 0 saturated heterocycles. The van der Waals surface area contributed by atoms with Crippen molar-refractivity contribution < 1.29 is 12.3 Å². The molecular formula is C7H11FN2O2S. The van der Waals surface area contributed by atoms with E-state index in [2.05, 4.69) is 5.10 Å². The summed E-state index contributed by atoms with van der Waals surface area (Å²) in [4.78, 5) is 0. The Bertz CT molecular complexity index is 397. The van der Waals surface area contributed by atoms with E-state index in [-0.39, 0.29) is 6.42 Å². The van der Waals surface area contributed by atoms with Gasteiger partial charge in [0.05, 0.1) is 11.4 Å². The van der Waals surface area contributed by atoms with Crippen LogP contribution in [0.5, 0.6) is 0 Å². The van der Waals surface area contributed by atoms with E-state index in [1.54, 1.807) is 24.9 Å². The van der Waals surface area contributed by atoms with Crippen LogP contribution in [0.3, 0.4) is 0 Å². The zero-order valence-electron chi connectivity index (χ0n) is 7.49. The minimum atomic E-state index is -4.37. The van der Waals surface area contributed by atoms with Gasteiger partial charge >= 0.3 is 10.2 Å². The fraction of sp³-hybridized carbons (Fsp3) is 0.571. The third kappa shape index (κ3) is 3.14. The number of aryl methyl sites for hydroxylation is 3. The smallest absolute Gasteiger partial charge is 0.275 e. The highest BCUT2D eigenvalue weighted by molar-refractivity contribution is 7.86. The molecule has 0 unspecified atom stereocenters. The van der Waals surface area contributed by atoms with Crippen LogP contribution in [0, 0.1) is 6.92 Å². The Balaban J connectivity index is 2.70. The second-order valence-electron chi connectivity index (χ2n) is 2.91. The Morgan fingerprint density at radius 2 is 2.23 bits per heavy atom. The molecule has 0 amide bonds. The molecule has 13 heavy (non-hydrogen) atoms. The van der Waals surface area contributed by atoms with Gasteiger partial charge in [0.1, 0.15) is 0 Å². The molecule has 1 rings (SSSR count). The Hall–Kier alpha value is -0.910. The zero-order valence-corrected chi connectivity index (χ0v) is 8.31. The second kappa shape index (κ2) is 3.45. The van der Waals surface area contributed by atoms with Crippen LogP contribution in [-0.4, -0.2) is 24.0 Å². The minimum Gasteiger partial charge on any atom is -0.275 e. The van der Waals surface area contributed by atoms with Crippen molar-refractivity contribution in [3.8, 4) is 0 Å². The molecule has 0 bridgehead atoms. The summed E-state index contributed by atoms with van der Waals surface area (Å²) in [5.41, 5.74) is 1.51. The molecule has 0 spiro atoms. The van der Waals surface area contributed by atoms with E-state index in [0.717, 1.165) is 11.3 Å². The number of halogens is 1. The van der Waals surface area contributed by atoms with Crippen LogP contribution in [-0.2, 0) is 23.7 Å². The quantitative estimate of drug-likeness (QED) is 0.679. The molecule has 1 heterocycles.